The van der Waals surface area contributed by atoms with Crippen LogP contribution in [0.1, 0.15) is 91.4 Å². The van der Waals surface area contributed by atoms with Gasteiger partial charge >= 0.3 is 0 Å². The first-order valence-corrected chi connectivity index (χ1v) is 9.76. The van der Waals surface area contributed by atoms with Crippen molar-refractivity contribution < 1.29 is 4.79 Å². The van der Waals surface area contributed by atoms with Crippen LogP contribution in [0.5, 0.6) is 0 Å². The first kappa shape index (κ1) is 19.5. The molecule has 0 aromatic rings. The van der Waals surface area contributed by atoms with Crippen molar-refractivity contribution in [3.63, 3.8) is 0 Å². The lowest BCUT2D eigenvalue weighted by Crippen LogP contribution is -2.48. The number of piperidine rings is 1. The van der Waals surface area contributed by atoms with Gasteiger partial charge in [0.25, 0.3) is 0 Å². The average Bonchev–Trinajstić information content (AvgIpc) is 2.54. The summed E-state index contributed by atoms with van der Waals surface area (Å²) in [5, 5.41) is 2.17. The molecule has 1 saturated heterocycles. The number of carbonyl (C=O) groups is 1. The Morgan fingerprint density at radius 2 is 1.73 bits per heavy atom. The van der Waals surface area contributed by atoms with Crippen molar-refractivity contribution in [3.05, 3.63) is 0 Å². The zero-order chi connectivity index (χ0) is 16.2. The minimum Gasteiger partial charge on any atom is -0.289 e. The number of hydrogen-bond donors (Lipinski definition) is 1. The monoisotopic (exact) mass is 310 g/mol. The average molecular weight is 311 g/mol. The van der Waals surface area contributed by atoms with E-state index in [1.165, 1.54) is 51.4 Å². The number of nitrogens with zero attached hydrogens (tertiary/aromatic N) is 1. The summed E-state index contributed by atoms with van der Waals surface area (Å²) < 4.78 is 0. The molecule has 1 rings (SSSR count). The molecule has 1 amide bonds. The van der Waals surface area contributed by atoms with Gasteiger partial charge in [0, 0.05) is 19.0 Å². The number of hydrogen-bond acceptors (Lipinski definition) is 2. The lowest BCUT2D eigenvalue weighted by atomic mass is 9.91. The van der Waals surface area contributed by atoms with E-state index in [0.29, 0.717) is 0 Å². The Hall–Kier alpha value is -0.570. The lowest BCUT2D eigenvalue weighted by molar-refractivity contribution is -0.131. The fourth-order valence-corrected chi connectivity index (χ4v) is 3.41. The van der Waals surface area contributed by atoms with E-state index in [9.17, 15) is 4.79 Å². The molecule has 3 nitrogen and oxygen atoms in total. The van der Waals surface area contributed by atoms with Crippen molar-refractivity contribution >= 4 is 5.91 Å². The van der Waals surface area contributed by atoms with Crippen LogP contribution in [0.2, 0.25) is 0 Å². The zero-order valence-electron chi connectivity index (χ0n) is 15.2. The van der Waals surface area contributed by atoms with Gasteiger partial charge in [0.1, 0.15) is 0 Å². The van der Waals surface area contributed by atoms with E-state index in [0.717, 1.165) is 38.3 Å². The fraction of sp³-hybridized carbons (Fsp3) is 0.947. The van der Waals surface area contributed by atoms with Gasteiger partial charge in [0.05, 0.1) is 0 Å². The van der Waals surface area contributed by atoms with Gasteiger partial charge in [0.15, 0.2) is 0 Å². The summed E-state index contributed by atoms with van der Waals surface area (Å²) >= 11 is 0. The molecule has 1 fully saturated rings. The van der Waals surface area contributed by atoms with E-state index >= 15 is 0 Å². The van der Waals surface area contributed by atoms with Gasteiger partial charge in [-0.3, -0.25) is 10.2 Å². The normalized spacial score (nSPS) is 18.3. The smallest absolute Gasteiger partial charge is 0.237 e. The quantitative estimate of drug-likeness (QED) is 0.550. The second-order valence-corrected chi connectivity index (χ2v) is 7.00. The second kappa shape index (κ2) is 11.9. The highest BCUT2D eigenvalue weighted by atomic mass is 16.2. The van der Waals surface area contributed by atoms with E-state index in [4.69, 9.17) is 0 Å². The van der Waals surface area contributed by atoms with Crippen LogP contribution in [-0.4, -0.2) is 24.0 Å². The summed E-state index contributed by atoms with van der Waals surface area (Å²) in [6, 6.07) is 0. The lowest BCUT2D eigenvalue weighted by Gasteiger charge is -2.33. The summed E-state index contributed by atoms with van der Waals surface area (Å²) in [5.41, 5.74) is 3.17. The molecule has 1 aliphatic rings. The minimum atomic E-state index is 0.201. The predicted octanol–water partition coefficient (Wildman–Crippen LogP) is 4.92. The van der Waals surface area contributed by atoms with Crippen LogP contribution in [0.3, 0.4) is 0 Å². The molecule has 1 unspecified atom stereocenters. The molecule has 130 valence electrons. The molecule has 0 spiro atoms. The summed E-state index contributed by atoms with van der Waals surface area (Å²) in [6.07, 6.45) is 13.7. The maximum Gasteiger partial charge on any atom is 0.237 e. The van der Waals surface area contributed by atoms with E-state index in [2.05, 4.69) is 31.2 Å². The van der Waals surface area contributed by atoms with Crippen molar-refractivity contribution in [2.24, 2.45) is 11.8 Å². The summed E-state index contributed by atoms with van der Waals surface area (Å²) in [6.45, 7) is 8.66. The molecular weight excluding hydrogens is 272 g/mol. The molecule has 1 aliphatic heterocycles. The van der Waals surface area contributed by atoms with Crippen LogP contribution in [0.15, 0.2) is 0 Å². The third-order valence-corrected chi connectivity index (χ3v) is 5.12. The van der Waals surface area contributed by atoms with Gasteiger partial charge < -0.3 is 0 Å². The molecule has 22 heavy (non-hydrogen) atoms. The summed E-state index contributed by atoms with van der Waals surface area (Å²) in [4.78, 5) is 12.3. The standard InChI is InChI=1S/C19H38N2O/c1-4-7-9-10-11-17-13-15-21(16-14-17)20-19(22)18(6-3)12-8-5-2/h17-18H,4-16H2,1-3H3,(H,20,22). The van der Waals surface area contributed by atoms with E-state index in [1.54, 1.807) is 0 Å². The third kappa shape index (κ3) is 7.62. The van der Waals surface area contributed by atoms with Crippen molar-refractivity contribution in [2.45, 2.75) is 91.4 Å². The topological polar surface area (TPSA) is 32.3 Å². The van der Waals surface area contributed by atoms with Crippen molar-refractivity contribution in [3.8, 4) is 0 Å². The van der Waals surface area contributed by atoms with Crippen LogP contribution >= 0.6 is 0 Å². The van der Waals surface area contributed by atoms with Crippen molar-refractivity contribution in [1.29, 1.82) is 0 Å². The Morgan fingerprint density at radius 3 is 2.32 bits per heavy atom. The molecule has 0 aromatic heterocycles. The number of amides is 1. The number of rotatable bonds is 11. The number of hydrazine groups is 1. The SMILES string of the molecule is CCCCCCC1CCN(NC(=O)C(CC)CCCC)CC1. The van der Waals surface area contributed by atoms with Gasteiger partial charge in [-0.05, 0) is 31.6 Å². The summed E-state index contributed by atoms with van der Waals surface area (Å²) in [5.74, 6) is 1.33. The van der Waals surface area contributed by atoms with Gasteiger partial charge in [-0.2, -0.15) is 0 Å². The fourth-order valence-electron chi connectivity index (χ4n) is 3.41. The first-order chi connectivity index (χ1) is 10.7. The molecule has 0 aliphatic carbocycles. The largest absolute Gasteiger partial charge is 0.289 e. The maximum absolute atomic E-state index is 12.3. The highest BCUT2D eigenvalue weighted by molar-refractivity contribution is 5.78. The summed E-state index contributed by atoms with van der Waals surface area (Å²) in [7, 11) is 0. The Balaban J connectivity index is 2.19. The molecule has 0 aromatic carbocycles. The number of carbonyl (C=O) groups excluding carboxylic acids is 1. The molecule has 1 heterocycles. The van der Waals surface area contributed by atoms with Crippen LogP contribution < -0.4 is 5.43 Å². The number of nitrogens with one attached hydrogen (secondary N) is 1. The van der Waals surface area contributed by atoms with Crippen LogP contribution in [0.25, 0.3) is 0 Å². The molecule has 3 heteroatoms. The zero-order valence-corrected chi connectivity index (χ0v) is 15.2. The molecule has 0 saturated carbocycles. The minimum absolute atomic E-state index is 0.201. The molecule has 0 bridgehead atoms. The van der Waals surface area contributed by atoms with Crippen molar-refractivity contribution in [1.82, 2.24) is 10.4 Å². The van der Waals surface area contributed by atoms with Gasteiger partial charge in [-0.1, -0.05) is 65.7 Å². The van der Waals surface area contributed by atoms with Crippen LogP contribution in [0.4, 0.5) is 0 Å². The van der Waals surface area contributed by atoms with Crippen molar-refractivity contribution in [2.75, 3.05) is 13.1 Å². The third-order valence-electron chi connectivity index (χ3n) is 5.12. The molecular formula is C19H38N2O. The van der Waals surface area contributed by atoms with Gasteiger partial charge in [-0.25, -0.2) is 5.01 Å². The van der Waals surface area contributed by atoms with E-state index < -0.39 is 0 Å². The Morgan fingerprint density at radius 1 is 1.05 bits per heavy atom. The molecule has 0 radical (unpaired) electrons. The second-order valence-electron chi connectivity index (χ2n) is 7.00. The molecule has 1 atom stereocenters. The molecule has 1 N–H and O–H groups in total. The first-order valence-electron chi connectivity index (χ1n) is 9.76. The Kier molecular flexibility index (Phi) is 10.6. The Labute approximate surface area is 138 Å². The van der Waals surface area contributed by atoms with Gasteiger partial charge in [0.2, 0.25) is 5.91 Å². The predicted molar refractivity (Wildman–Crippen MR) is 94.5 cm³/mol. The van der Waals surface area contributed by atoms with Gasteiger partial charge in [-0.15, -0.1) is 0 Å². The number of unbranched alkanes of at least 4 members (excludes halogenated alkanes) is 4. The van der Waals surface area contributed by atoms with E-state index in [1.807, 2.05) is 0 Å². The Bertz CT molecular complexity index is 285. The van der Waals surface area contributed by atoms with E-state index in [-0.39, 0.29) is 11.8 Å². The maximum atomic E-state index is 12.3. The highest BCUT2D eigenvalue weighted by Crippen LogP contribution is 2.22. The van der Waals surface area contributed by atoms with Crippen LogP contribution in [0, 0.1) is 11.8 Å². The van der Waals surface area contributed by atoms with Crippen LogP contribution in [-0.2, 0) is 4.79 Å². The highest BCUT2D eigenvalue weighted by Gasteiger charge is 2.22.